The van der Waals surface area contributed by atoms with Crippen molar-refractivity contribution in [1.82, 2.24) is 30.4 Å². The molecule has 3 heterocycles. The normalized spacial score (nSPS) is 17.9. The van der Waals surface area contributed by atoms with Crippen LogP contribution in [-0.4, -0.2) is 59.9 Å². The van der Waals surface area contributed by atoms with Gasteiger partial charge in [-0.1, -0.05) is 18.2 Å². The lowest BCUT2D eigenvalue weighted by molar-refractivity contribution is -0.136. The largest absolute Gasteiger partial charge is 0.478 e. The van der Waals surface area contributed by atoms with Crippen molar-refractivity contribution in [3.8, 4) is 16.8 Å². The number of benzene rings is 2. The second-order valence-electron chi connectivity index (χ2n) is 7.52. The van der Waals surface area contributed by atoms with Crippen LogP contribution in [0.25, 0.3) is 16.8 Å². The van der Waals surface area contributed by atoms with Crippen molar-refractivity contribution >= 4 is 23.7 Å². The molecule has 0 bridgehead atoms. The molecule has 1 saturated heterocycles. The van der Waals surface area contributed by atoms with Gasteiger partial charge in [0.2, 0.25) is 11.8 Å². The fourth-order valence-corrected chi connectivity index (χ4v) is 4.20. The molecule has 1 aromatic heterocycles. The van der Waals surface area contributed by atoms with E-state index in [1.54, 1.807) is 24.3 Å². The number of carbonyl (C=O) groups is 4. The van der Waals surface area contributed by atoms with Gasteiger partial charge in [-0.05, 0) is 51.7 Å². The van der Waals surface area contributed by atoms with Crippen LogP contribution < -0.4 is 5.32 Å². The molecule has 2 N–H and O–H groups in total. The van der Waals surface area contributed by atoms with E-state index in [1.165, 1.54) is 22.0 Å². The average molecular weight is 432 g/mol. The van der Waals surface area contributed by atoms with Crippen LogP contribution in [0.4, 0.5) is 0 Å². The minimum Gasteiger partial charge on any atom is -0.478 e. The first-order valence-electron chi connectivity index (χ1n) is 9.81. The van der Waals surface area contributed by atoms with E-state index in [4.69, 9.17) is 0 Å². The first-order valence-corrected chi connectivity index (χ1v) is 9.81. The third-order valence-corrected chi connectivity index (χ3v) is 5.72. The Balaban J connectivity index is 1.56. The van der Waals surface area contributed by atoms with Crippen molar-refractivity contribution in [2.75, 3.05) is 0 Å². The van der Waals surface area contributed by atoms with Gasteiger partial charge in [-0.2, -0.15) is 4.68 Å². The summed E-state index contributed by atoms with van der Waals surface area (Å²) in [5.41, 5.74) is 2.91. The van der Waals surface area contributed by atoms with Crippen LogP contribution in [0.5, 0.6) is 0 Å². The lowest BCUT2D eigenvalue weighted by Gasteiger charge is -2.29. The maximum atomic E-state index is 13.1. The summed E-state index contributed by atoms with van der Waals surface area (Å²) >= 11 is 0. The molecular weight excluding hydrogens is 416 g/mol. The molecular formula is C21H16N6O5. The Morgan fingerprint density at radius 2 is 1.94 bits per heavy atom. The number of piperidine rings is 1. The van der Waals surface area contributed by atoms with E-state index in [0.717, 1.165) is 11.1 Å². The Morgan fingerprint density at radius 3 is 2.66 bits per heavy atom. The number of hydrogen-bond acceptors (Lipinski definition) is 7. The molecule has 0 saturated carbocycles. The highest BCUT2D eigenvalue weighted by Crippen LogP contribution is 2.35. The van der Waals surface area contributed by atoms with Crippen molar-refractivity contribution in [1.29, 1.82) is 0 Å². The number of imide groups is 1. The molecule has 32 heavy (non-hydrogen) atoms. The minimum atomic E-state index is -1.13. The van der Waals surface area contributed by atoms with E-state index in [9.17, 15) is 24.3 Å². The SMILES string of the molecule is O=C1CCC(N2Cc3c(cccc3-c3ccc(C(=O)O)c(-n4cnnn4)c3)C2=O)C(=O)N1. The molecule has 1 unspecified atom stereocenters. The van der Waals surface area contributed by atoms with Gasteiger partial charge in [0.15, 0.2) is 0 Å². The third-order valence-electron chi connectivity index (χ3n) is 5.72. The number of aromatic carboxylic acids is 1. The Kier molecular flexibility index (Phi) is 4.51. The van der Waals surface area contributed by atoms with Crippen LogP contribution in [0.3, 0.4) is 0 Å². The molecule has 2 aliphatic heterocycles. The summed E-state index contributed by atoms with van der Waals surface area (Å²) in [6.45, 7) is 0.206. The number of carbonyl (C=O) groups excluding carboxylic acids is 3. The van der Waals surface area contributed by atoms with Crippen LogP contribution in [0.1, 0.15) is 39.1 Å². The van der Waals surface area contributed by atoms with Crippen molar-refractivity contribution in [2.45, 2.75) is 25.4 Å². The van der Waals surface area contributed by atoms with E-state index in [2.05, 4.69) is 20.8 Å². The summed E-state index contributed by atoms with van der Waals surface area (Å²) in [7, 11) is 0. The van der Waals surface area contributed by atoms with E-state index in [1.807, 2.05) is 6.07 Å². The monoisotopic (exact) mass is 432 g/mol. The van der Waals surface area contributed by atoms with Gasteiger partial charge >= 0.3 is 5.97 Å². The lowest BCUT2D eigenvalue weighted by Crippen LogP contribution is -2.52. The van der Waals surface area contributed by atoms with Gasteiger partial charge in [-0.15, -0.1) is 5.10 Å². The number of nitrogens with zero attached hydrogens (tertiary/aromatic N) is 5. The Bertz CT molecular complexity index is 1290. The smallest absolute Gasteiger partial charge is 0.337 e. The van der Waals surface area contributed by atoms with E-state index >= 15 is 0 Å². The van der Waals surface area contributed by atoms with Crippen LogP contribution in [-0.2, 0) is 16.1 Å². The van der Waals surface area contributed by atoms with Crippen LogP contribution >= 0.6 is 0 Å². The van der Waals surface area contributed by atoms with Gasteiger partial charge in [0.05, 0.1) is 11.3 Å². The molecule has 5 rings (SSSR count). The van der Waals surface area contributed by atoms with Crippen molar-refractivity contribution in [3.05, 3.63) is 59.4 Å². The topological polar surface area (TPSA) is 147 Å². The van der Waals surface area contributed by atoms with Crippen molar-refractivity contribution in [3.63, 3.8) is 0 Å². The fraction of sp³-hybridized carbons (Fsp3) is 0.190. The number of aromatic nitrogens is 4. The number of nitrogens with one attached hydrogen (secondary N) is 1. The maximum Gasteiger partial charge on any atom is 0.337 e. The molecule has 0 radical (unpaired) electrons. The van der Waals surface area contributed by atoms with Crippen molar-refractivity contribution in [2.24, 2.45) is 0 Å². The highest BCUT2D eigenvalue weighted by Gasteiger charge is 2.39. The maximum absolute atomic E-state index is 13.1. The van der Waals surface area contributed by atoms with E-state index < -0.39 is 17.9 Å². The van der Waals surface area contributed by atoms with Gasteiger partial charge in [-0.3, -0.25) is 19.7 Å². The number of fused-ring (bicyclic) bond motifs is 1. The quantitative estimate of drug-likeness (QED) is 0.575. The number of rotatable bonds is 4. The molecule has 1 fully saturated rings. The van der Waals surface area contributed by atoms with Crippen LogP contribution in [0.2, 0.25) is 0 Å². The average Bonchev–Trinajstić information content (AvgIpc) is 3.42. The summed E-state index contributed by atoms with van der Waals surface area (Å²) in [6, 6.07) is 9.32. The second kappa shape index (κ2) is 7.38. The molecule has 3 amide bonds. The number of amides is 3. The number of tetrazole rings is 1. The van der Waals surface area contributed by atoms with Crippen molar-refractivity contribution < 1.29 is 24.3 Å². The summed E-state index contributed by atoms with van der Waals surface area (Å²) in [5.74, 6) is -2.22. The van der Waals surface area contributed by atoms with Crippen LogP contribution in [0.15, 0.2) is 42.7 Å². The fourth-order valence-electron chi connectivity index (χ4n) is 4.20. The minimum absolute atomic E-state index is 0.0230. The van der Waals surface area contributed by atoms with Gasteiger partial charge in [0.1, 0.15) is 12.4 Å². The molecule has 0 spiro atoms. The zero-order chi connectivity index (χ0) is 22.4. The molecule has 160 valence electrons. The molecule has 11 heteroatoms. The van der Waals surface area contributed by atoms with Crippen LogP contribution in [0, 0.1) is 0 Å². The standard InChI is InChI=1S/C21H16N6O5/c28-18-7-6-16(19(29)23-18)26-9-15-12(2-1-3-13(15)20(26)30)11-4-5-14(21(31)32)17(8-11)27-10-22-24-25-27/h1-5,8,10,16H,6-7,9H2,(H,31,32)(H,23,28,29). The molecule has 1 atom stereocenters. The van der Waals surface area contributed by atoms with Gasteiger partial charge in [0, 0.05) is 18.5 Å². The predicted octanol–water partition coefficient (Wildman–Crippen LogP) is 0.788. The number of carboxylic acid groups (broad SMARTS) is 1. The second-order valence-corrected chi connectivity index (χ2v) is 7.52. The van der Waals surface area contributed by atoms with Gasteiger partial charge in [-0.25, -0.2) is 4.79 Å². The highest BCUT2D eigenvalue weighted by molar-refractivity contribution is 6.06. The lowest BCUT2D eigenvalue weighted by atomic mass is 9.95. The molecule has 0 aliphatic carbocycles. The number of hydrogen-bond donors (Lipinski definition) is 2. The summed E-state index contributed by atoms with van der Waals surface area (Å²) < 4.78 is 1.26. The zero-order valence-electron chi connectivity index (χ0n) is 16.6. The van der Waals surface area contributed by atoms with E-state index in [0.29, 0.717) is 11.1 Å². The predicted molar refractivity (Wildman–Crippen MR) is 108 cm³/mol. The Labute approximate surface area is 180 Å². The molecule has 2 aromatic carbocycles. The number of carboxylic acids is 1. The zero-order valence-corrected chi connectivity index (χ0v) is 16.6. The van der Waals surface area contributed by atoms with E-state index in [-0.39, 0.29) is 42.5 Å². The first kappa shape index (κ1) is 19.5. The molecule has 3 aromatic rings. The molecule has 11 nitrogen and oxygen atoms in total. The summed E-state index contributed by atoms with van der Waals surface area (Å²) in [6.07, 6.45) is 1.75. The van der Waals surface area contributed by atoms with Gasteiger partial charge in [0.25, 0.3) is 5.91 Å². The Morgan fingerprint density at radius 1 is 1.12 bits per heavy atom. The first-order chi connectivity index (χ1) is 15.4. The highest BCUT2D eigenvalue weighted by atomic mass is 16.4. The van der Waals surface area contributed by atoms with Gasteiger partial charge < -0.3 is 10.0 Å². The molecule has 2 aliphatic rings. The third kappa shape index (κ3) is 3.11. The summed E-state index contributed by atoms with van der Waals surface area (Å²) in [5, 5.41) is 22.8. The Hall–Kier alpha value is -4.41. The summed E-state index contributed by atoms with van der Waals surface area (Å²) in [4.78, 5) is 50.0.